The van der Waals surface area contributed by atoms with Crippen molar-refractivity contribution in [1.29, 1.82) is 0 Å². The first kappa shape index (κ1) is 12.8. The van der Waals surface area contributed by atoms with Crippen molar-refractivity contribution in [2.75, 3.05) is 12.4 Å². The SMILES string of the molecule is COc1ccc(Nc2nc3ccc(C)cc3[nH]2)cc1Cl. The molecule has 0 aliphatic heterocycles. The van der Waals surface area contributed by atoms with E-state index in [0.29, 0.717) is 16.7 Å². The van der Waals surface area contributed by atoms with Gasteiger partial charge in [-0.2, -0.15) is 0 Å². The maximum absolute atomic E-state index is 6.10. The fourth-order valence-corrected chi connectivity index (χ4v) is 2.32. The summed E-state index contributed by atoms with van der Waals surface area (Å²) in [5, 5.41) is 3.76. The number of aryl methyl sites for hydroxylation is 1. The molecular weight excluding hydrogens is 274 g/mol. The number of benzene rings is 2. The van der Waals surface area contributed by atoms with Gasteiger partial charge in [0.2, 0.25) is 5.95 Å². The summed E-state index contributed by atoms with van der Waals surface area (Å²) in [6.07, 6.45) is 0. The molecule has 3 rings (SSSR count). The van der Waals surface area contributed by atoms with E-state index in [1.165, 1.54) is 5.56 Å². The first-order chi connectivity index (χ1) is 9.65. The molecule has 0 unspecified atom stereocenters. The quantitative estimate of drug-likeness (QED) is 0.756. The van der Waals surface area contributed by atoms with Crippen LogP contribution in [0.25, 0.3) is 11.0 Å². The van der Waals surface area contributed by atoms with Crippen LogP contribution in [0.4, 0.5) is 11.6 Å². The molecule has 0 saturated carbocycles. The molecule has 0 saturated heterocycles. The molecule has 0 aliphatic rings. The number of fused-ring (bicyclic) bond motifs is 1. The highest BCUT2D eigenvalue weighted by atomic mass is 35.5. The number of imidazole rings is 1. The van der Waals surface area contributed by atoms with Crippen LogP contribution in [-0.4, -0.2) is 17.1 Å². The van der Waals surface area contributed by atoms with Gasteiger partial charge in [-0.05, 0) is 42.8 Å². The number of halogens is 1. The molecule has 5 heteroatoms. The lowest BCUT2D eigenvalue weighted by atomic mass is 10.2. The third-order valence-corrected chi connectivity index (χ3v) is 3.35. The molecule has 4 nitrogen and oxygen atoms in total. The van der Waals surface area contributed by atoms with E-state index in [4.69, 9.17) is 16.3 Å². The van der Waals surface area contributed by atoms with E-state index in [-0.39, 0.29) is 0 Å². The van der Waals surface area contributed by atoms with Crippen molar-refractivity contribution < 1.29 is 4.74 Å². The number of aromatic amines is 1. The summed E-state index contributed by atoms with van der Waals surface area (Å²) < 4.78 is 5.13. The molecule has 1 heterocycles. The van der Waals surface area contributed by atoms with Crippen molar-refractivity contribution in [3.63, 3.8) is 0 Å². The van der Waals surface area contributed by atoms with Gasteiger partial charge in [0.1, 0.15) is 5.75 Å². The van der Waals surface area contributed by atoms with Crippen molar-refractivity contribution in [3.05, 3.63) is 47.0 Å². The molecule has 3 aromatic rings. The second kappa shape index (κ2) is 5.06. The molecule has 20 heavy (non-hydrogen) atoms. The molecule has 0 fully saturated rings. The van der Waals surface area contributed by atoms with Crippen LogP contribution >= 0.6 is 11.6 Å². The zero-order chi connectivity index (χ0) is 14.1. The van der Waals surface area contributed by atoms with Crippen LogP contribution < -0.4 is 10.1 Å². The Morgan fingerprint density at radius 3 is 2.80 bits per heavy atom. The minimum atomic E-state index is 0.560. The number of ether oxygens (including phenoxy) is 1. The van der Waals surface area contributed by atoms with Crippen molar-refractivity contribution >= 4 is 34.3 Å². The van der Waals surface area contributed by atoms with Crippen molar-refractivity contribution in [2.24, 2.45) is 0 Å². The Balaban J connectivity index is 1.90. The highest BCUT2D eigenvalue weighted by Gasteiger charge is 2.05. The summed E-state index contributed by atoms with van der Waals surface area (Å²) in [5.41, 5.74) is 3.98. The van der Waals surface area contributed by atoms with Gasteiger partial charge in [0, 0.05) is 5.69 Å². The predicted molar refractivity (Wildman–Crippen MR) is 82.1 cm³/mol. The van der Waals surface area contributed by atoms with Crippen LogP contribution in [0.2, 0.25) is 5.02 Å². The highest BCUT2D eigenvalue weighted by Crippen LogP contribution is 2.28. The largest absolute Gasteiger partial charge is 0.495 e. The van der Waals surface area contributed by atoms with E-state index in [1.807, 2.05) is 24.3 Å². The van der Waals surface area contributed by atoms with E-state index in [0.717, 1.165) is 16.7 Å². The van der Waals surface area contributed by atoms with Crippen LogP contribution in [0.1, 0.15) is 5.56 Å². The average Bonchev–Trinajstić information content (AvgIpc) is 2.80. The van der Waals surface area contributed by atoms with E-state index >= 15 is 0 Å². The lowest BCUT2D eigenvalue weighted by Crippen LogP contribution is -1.93. The smallest absolute Gasteiger partial charge is 0.205 e. The predicted octanol–water partition coefficient (Wildman–Crippen LogP) is 4.28. The van der Waals surface area contributed by atoms with Gasteiger partial charge in [-0.25, -0.2) is 4.98 Å². The molecule has 0 atom stereocenters. The van der Waals surface area contributed by atoms with Crippen molar-refractivity contribution in [1.82, 2.24) is 9.97 Å². The van der Waals surface area contributed by atoms with Gasteiger partial charge in [-0.3, -0.25) is 0 Å². The number of methoxy groups -OCH3 is 1. The zero-order valence-corrected chi connectivity index (χ0v) is 12.0. The van der Waals surface area contributed by atoms with Gasteiger partial charge in [0.15, 0.2) is 0 Å². The number of nitrogens with zero attached hydrogens (tertiary/aromatic N) is 1. The van der Waals surface area contributed by atoms with Gasteiger partial charge in [-0.1, -0.05) is 17.7 Å². The Labute approximate surface area is 121 Å². The molecular formula is C15H14ClN3O. The number of hydrogen-bond donors (Lipinski definition) is 2. The van der Waals surface area contributed by atoms with Gasteiger partial charge in [-0.15, -0.1) is 0 Å². The normalized spacial score (nSPS) is 10.8. The van der Waals surface area contributed by atoms with Crippen molar-refractivity contribution in [3.8, 4) is 5.75 Å². The lowest BCUT2D eigenvalue weighted by Gasteiger charge is -2.06. The number of anilines is 2. The molecule has 0 spiro atoms. The van der Waals surface area contributed by atoms with E-state index in [1.54, 1.807) is 13.2 Å². The second-order valence-corrected chi connectivity index (χ2v) is 4.99. The summed E-state index contributed by atoms with van der Waals surface area (Å²) >= 11 is 6.10. The molecule has 1 aromatic heterocycles. The molecule has 102 valence electrons. The summed E-state index contributed by atoms with van der Waals surface area (Å²) in [6.45, 7) is 2.05. The lowest BCUT2D eigenvalue weighted by molar-refractivity contribution is 0.415. The molecule has 0 bridgehead atoms. The third kappa shape index (κ3) is 2.42. The van der Waals surface area contributed by atoms with Gasteiger partial charge in [0.25, 0.3) is 0 Å². The highest BCUT2D eigenvalue weighted by molar-refractivity contribution is 6.32. The first-order valence-electron chi connectivity index (χ1n) is 6.22. The van der Waals surface area contributed by atoms with Crippen LogP contribution in [-0.2, 0) is 0 Å². The van der Waals surface area contributed by atoms with Crippen LogP contribution in [0.5, 0.6) is 5.75 Å². The van der Waals surface area contributed by atoms with Gasteiger partial charge < -0.3 is 15.0 Å². The van der Waals surface area contributed by atoms with E-state index in [2.05, 4.69) is 28.3 Å². The van der Waals surface area contributed by atoms with Crippen molar-refractivity contribution in [2.45, 2.75) is 6.92 Å². The van der Waals surface area contributed by atoms with Gasteiger partial charge >= 0.3 is 0 Å². The number of nitrogens with one attached hydrogen (secondary N) is 2. The molecule has 0 aliphatic carbocycles. The Morgan fingerprint density at radius 2 is 2.05 bits per heavy atom. The Kier molecular flexibility index (Phi) is 3.24. The van der Waals surface area contributed by atoms with E-state index in [9.17, 15) is 0 Å². The second-order valence-electron chi connectivity index (χ2n) is 4.58. The molecule has 2 N–H and O–H groups in total. The number of H-pyrrole nitrogens is 1. The molecule has 0 amide bonds. The van der Waals surface area contributed by atoms with Crippen LogP contribution in [0, 0.1) is 6.92 Å². The van der Waals surface area contributed by atoms with Crippen LogP contribution in [0.3, 0.4) is 0 Å². The topological polar surface area (TPSA) is 49.9 Å². The van der Waals surface area contributed by atoms with Crippen LogP contribution in [0.15, 0.2) is 36.4 Å². The minimum Gasteiger partial charge on any atom is -0.495 e. The Morgan fingerprint density at radius 1 is 1.20 bits per heavy atom. The number of hydrogen-bond acceptors (Lipinski definition) is 3. The molecule has 0 radical (unpaired) electrons. The standard InChI is InChI=1S/C15H14ClN3O/c1-9-3-5-12-13(7-9)19-15(18-12)17-10-4-6-14(20-2)11(16)8-10/h3-8H,1-2H3,(H2,17,18,19). The summed E-state index contributed by atoms with van der Waals surface area (Å²) in [7, 11) is 1.59. The maximum Gasteiger partial charge on any atom is 0.205 e. The third-order valence-electron chi connectivity index (χ3n) is 3.05. The zero-order valence-electron chi connectivity index (χ0n) is 11.2. The monoisotopic (exact) mass is 287 g/mol. The minimum absolute atomic E-state index is 0.560. The Bertz CT molecular complexity index is 767. The van der Waals surface area contributed by atoms with Gasteiger partial charge in [0.05, 0.1) is 23.2 Å². The average molecular weight is 288 g/mol. The first-order valence-corrected chi connectivity index (χ1v) is 6.60. The summed E-state index contributed by atoms with van der Waals surface area (Å²) in [4.78, 5) is 7.72. The maximum atomic E-state index is 6.10. The summed E-state index contributed by atoms with van der Waals surface area (Å²) in [6, 6.07) is 11.6. The fourth-order valence-electron chi connectivity index (χ4n) is 2.06. The van der Waals surface area contributed by atoms with E-state index < -0.39 is 0 Å². The Hall–Kier alpha value is -2.20. The number of rotatable bonds is 3. The molecule has 2 aromatic carbocycles. The fraction of sp³-hybridized carbons (Fsp3) is 0.133. The summed E-state index contributed by atoms with van der Waals surface area (Å²) in [5.74, 6) is 1.34. The number of aromatic nitrogens is 2.